The van der Waals surface area contributed by atoms with Gasteiger partial charge in [0.1, 0.15) is 5.01 Å². The third-order valence-corrected chi connectivity index (χ3v) is 5.98. The summed E-state index contributed by atoms with van der Waals surface area (Å²) in [6, 6.07) is 1.30. The van der Waals surface area contributed by atoms with E-state index in [1.54, 1.807) is 0 Å². The van der Waals surface area contributed by atoms with E-state index in [2.05, 4.69) is 19.2 Å². The molecule has 2 nitrogen and oxygen atoms in total. The minimum absolute atomic E-state index is 0.523. The van der Waals surface area contributed by atoms with Gasteiger partial charge in [0, 0.05) is 10.9 Å². The normalized spacial score (nSPS) is 22.1. The predicted molar refractivity (Wildman–Crippen MR) is 86.3 cm³/mol. The van der Waals surface area contributed by atoms with Crippen molar-refractivity contribution in [2.75, 3.05) is 0 Å². The number of aromatic nitrogens is 1. The van der Waals surface area contributed by atoms with Crippen molar-refractivity contribution in [3.63, 3.8) is 0 Å². The van der Waals surface area contributed by atoms with Crippen molar-refractivity contribution in [3.05, 3.63) is 15.6 Å². The van der Waals surface area contributed by atoms with E-state index in [9.17, 15) is 0 Å². The molecular weight excluding hydrogens is 264 g/mol. The molecule has 1 atom stereocenters. The Morgan fingerprint density at radius 1 is 1.20 bits per heavy atom. The van der Waals surface area contributed by atoms with E-state index in [-0.39, 0.29) is 0 Å². The van der Waals surface area contributed by atoms with Crippen molar-refractivity contribution < 1.29 is 0 Å². The van der Waals surface area contributed by atoms with Crippen molar-refractivity contribution in [1.29, 1.82) is 0 Å². The zero-order valence-electron chi connectivity index (χ0n) is 13.0. The summed E-state index contributed by atoms with van der Waals surface area (Å²) in [6.07, 6.45) is 12.3. The molecule has 0 saturated heterocycles. The molecule has 1 aromatic rings. The Kier molecular flexibility index (Phi) is 4.77. The van der Waals surface area contributed by atoms with Gasteiger partial charge in [-0.2, -0.15) is 0 Å². The maximum absolute atomic E-state index is 4.93. The van der Waals surface area contributed by atoms with E-state index >= 15 is 0 Å². The van der Waals surface area contributed by atoms with Crippen molar-refractivity contribution in [3.8, 4) is 0 Å². The van der Waals surface area contributed by atoms with E-state index in [0.29, 0.717) is 6.04 Å². The van der Waals surface area contributed by atoms with Crippen LogP contribution in [-0.2, 0) is 6.42 Å². The van der Waals surface area contributed by atoms with Crippen LogP contribution in [0.5, 0.6) is 0 Å². The third kappa shape index (κ3) is 3.62. The lowest BCUT2D eigenvalue weighted by atomic mass is 9.85. The molecule has 112 valence electrons. The molecule has 2 saturated carbocycles. The molecular formula is C17H28N2S. The van der Waals surface area contributed by atoms with Crippen LogP contribution in [-0.4, -0.2) is 11.0 Å². The monoisotopic (exact) mass is 292 g/mol. The smallest absolute Gasteiger partial charge is 0.110 e. The zero-order valence-corrected chi connectivity index (χ0v) is 13.8. The van der Waals surface area contributed by atoms with E-state index in [1.165, 1.54) is 66.9 Å². The quantitative estimate of drug-likeness (QED) is 0.816. The van der Waals surface area contributed by atoms with E-state index < -0.39 is 0 Å². The molecule has 0 bridgehead atoms. The average molecular weight is 292 g/mol. The molecule has 1 N–H and O–H groups in total. The summed E-state index contributed by atoms with van der Waals surface area (Å²) in [5, 5.41) is 5.23. The van der Waals surface area contributed by atoms with Crippen molar-refractivity contribution in [2.45, 2.75) is 83.7 Å². The molecule has 2 aliphatic carbocycles. The maximum Gasteiger partial charge on any atom is 0.110 e. The number of rotatable bonds is 6. The maximum atomic E-state index is 4.93. The molecule has 0 amide bonds. The van der Waals surface area contributed by atoms with Gasteiger partial charge >= 0.3 is 0 Å². The number of hydrogen-bond acceptors (Lipinski definition) is 3. The van der Waals surface area contributed by atoms with Crippen LogP contribution in [0.25, 0.3) is 0 Å². The number of aryl methyl sites for hydroxylation is 2. The summed E-state index contributed by atoms with van der Waals surface area (Å²) in [6.45, 7) is 4.45. The highest BCUT2D eigenvalue weighted by Crippen LogP contribution is 2.36. The van der Waals surface area contributed by atoms with Gasteiger partial charge in [-0.1, -0.05) is 39.0 Å². The third-order valence-electron chi connectivity index (χ3n) is 4.85. The summed E-state index contributed by atoms with van der Waals surface area (Å²) in [4.78, 5) is 6.36. The van der Waals surface area contributed by atoms with Gasteiger partial charge in [0.2, 0.25) is 0 Å². The fourth-order valence-electron chi connectivity index (χ4n) is 3.46. The van der Waals surface area contributed by atoms with E-state index in [0.717, 1.165) is 18.4 Å². The molecule has 0 aliphatic heterocycles. The molecule has 3 heteroatoms. The first-order valence-electron chi connectivity index (χ1n) is 8.48. The number of hydrogen-bond donors (Lipinski definition) is 1. The second kappa shape index (κ2) is 6.57. The summed E-state index contributed by atoms with van der Waals surface area (Å²) in [5.41, 5.74) is 1.32. The Bertz CT molecular complexity index is 430. The Hall–Kier alpha value is -0.410. The van der Waals surface area contributed by atoms with Crippen LogP contribution < -0.4 is 5.32 Å². The van der Waals surface area contributed by atoms with Gasteiger partial charge in [0.15, 0.2) is 0 Å². The standard InChI is InChI=1S/C17H28N2S/c1-3-15-12(2)20-17(19-15)16(18-14-9-10-14)11-13-7-5-4-6-8-13/h13-14,16,18H,3-11H2,1-2H3. The molecule has 1 heterocycles. The highest BCUT2D eigenvalue weighted by atomic mass is 32.1. The molecule has 1 unspecified atom stereocenters. The van der Waals surface area contributed by atoms with Crippen molar-refractivity contribution in [2.24, 2.45) is 5.92 Å². The van der Waals surface area contributed by atoms with Gasteiger partial charge in [0.05, 0.1) is 11.7 Å². The van der Waals surface area contributed by atoms with Gasteiger partial charge in [-0.25, -0.2) is 4.98 Å². The van der Waals surface area contributed by atoms with E-state index in [4.69, 9.17) is 4.98 Å². The molecule has 2 aliphatic rings. The predicted octanol–water partition coefficient (Wildman–Crippen LogP) is 4.78. The van der Waals surface area contributed by atoms with Crippen molar-refractivity contribution >= 4 is 11.3 Å². The minimum atomic E-state index is 0.523. The fourth-order valence-corrected chi connectivity index (χ4v) is 4.54. The van der Waals surface area contributed by atoms with Gasteiger partial charge in [-0.15, -0.1) is 11.3 Å². The van der Waals surface area contributed by atoms with Gasteiger partial charge in [0.25, 0.3) is 0 Å². The fraction of sp³-hybridized carbons (Fsp3) is 0.824. The lowest BCUT2D eigenvalue weighted by Crippen LogP contribution is -2.26. The molecule has 20 heavy (non-hydrogen) atoms. The van der Waals surface area contributed by atoms with Crippen LogP contribution in [0.15, 0.2) is 0 Å². The first-order chi connectivity index (χ1) is 9.76. The van der Waals surface area contributed by atoms with Gasteiger partial charge in [-0.05, 0) is 38.5 Å². The Balaban J connectivity index is 1.70. The topological polar surface area (TPSA) is 24.9 Å². The van der Waals surface area contributed by atoms with Crippen LogP contribution in [0.2, 0.25) is 0 Å². The van der Waals surface area contributed by atoms with Crippen molar-refractivity contribution in [1.82, 2.24) is 10.3 Å². The molecule has 0 radical (unpaired) electrons. The average Bonchev–Trinajstić information content (AvgIpc) is 3.20. The summed E-state index contributed by atoms with van der Waals surface area (Å²) in [5.74, 6) is 0.925. The summed E-state index contributed by atoms with van der Waals surface area (Å²) >= 11 is 1.93. The number of nitrogens with zero attached hydrogens (tertiary/aromatic N) is 1. The Labute approximate surface area is 127 Å². The molecule has 2 fully saturated rings. The first kappa shape index (κ1) is 14.5. The van der Waals surface area contributed by atoms with Crippen LogP contribution >= 0.6 is 11.3 Å². The lowest BCUT2D eigenvalue weighted by molar-refractivity contribution is 0.298. The Morgan fingerprint density at radius 3 is 2.55 bits per heavy atom. The second-order valence-electron chi connectivity index (χ2n) is 6.64. The molecule has 3 rings (SSSR count). The largest absolute Gasteiger partial charge is 0.305 e. The number of nitrogens with one attached hydrogen (secondary N) is 1. The summed E-state index contributed by atoms with van der Waals surface area (Å²) in [7, 11) is 0. The summed E-state index contributed by atoms with van der Waals surface area (Å²) < 4.78 is 0. The second-order valence-corrected chi connectivity index (χ2v) is 7.88. The Morgan fingerprint density at radius 2 is 1.95 bits per heavy atom. The zero-order chi connectivity index (χ0) is 13.9. The SMILES string of the molecule is CCc1nc(C(CC2CCCCC2)NC2CC2)sc1C. The van der Waals surface area contributed by atoms with E-state index in [1.807, 2.05) is 11.3 Å². The first-order valence-corrected chi connectivity index (χ1v) is 9.30. The molecule has 1 aromatic heterocycles. The van der Waals surface area contributed by atoms with Gasteiger partial charge in [-0.3, -0.25) is 0 Å². The number of thiazole rings is 1. The minimum Gasteiger partial charge on any atom is -0.305 e. The van der Waals surface area contributed by atoms with Gasteiger partial charge < -0.3 is 5.32 Å². The highest BCUT2D eigenvalue weighted by molar-refractivity contribution is 7.11. The highest BCUT2D eigenvalue weighted by Gasteiger charge is 2.29. The molecule has 0 spiro atoms. The van der Waals surface area contributed by atoms with Crippen LogP contribution in [0, 0.1) is 12.8 Å². The lowest BCUT2D eigenvalue weighted by Gasteiger charge is -2.26. The van der Waals surface area contributed by atoms with Crippen LogP contribution in [0.1, 0.15) is 79.9 Å². The molecule has 0 aromatic carbocycles. The van der Waals surface area contributed by atoms with Crippen LogP contribution in [0.4, 0.5) is 0 Å². The van der Waals surface area contributed by atoms with Crippen LogP contribution in [0.3, 0.4) is 0 Å².